The molecule has 0 fully saturated rings. The predicted molar refractivity (Wildman–Crippen MR) is 123 cm³/mol. The molecule has 0 aliphatic carbocycles. The largest absolute Gasteiger partial charge is 0.496 e. The molecule has 0 unspecified atom stereocenters. The van der Waals surface area contributed by atoms with Gasteiger partial charge in [-0.25, -0.2) is 9.69 Å². The molecule has 0 atom stereocenters. The van der Waals surface area contributed by atoms with Gasteiger partial charge >= 0.3 is 5.97 Å². The fourth-order valence-electron chi connectivity index (χ4n) is 3.51. The SMILES string of the molecule is COc1cc(N2C(=O)c3ccccc3C2=O)c(Cl)cc1C(=O)OCC(=O)c1ccc([N+](=O)[O-])cc1. The highest BCUT2D eigenvalue weighted by molar-refractivity contribution is 6.40. The zero-order chi connectivity index (χ0) is 25.3. The highest BCUT2D eigenvalue weighted by Gasteiger charge is 2.38. The highest BCUT2D eigenvalue weighted by Crippen LogP contribution is 2.38. The number of esters is 1. The predicted octanol–water partition coefficient (Wildman–Crippen LogP) is 4.10. The van der Waals surface area contributed by atoms with Gasteiger partial charge in [0.05, 0.1) is 33.9 Å². The fraction of sp³-hybridized carbons (Fsp3) is 0.0833. The summed E-state index contributed by atoms with van der Waals surface area (Å²) in [4.78, 5) is 61.5. The maximum absolute atomic E-state index is 12.8. The molecule has 3 aromatic rings. The van der Waals surface area contributed by atoms with Crippen molar-refractivity contribution in [3.05, 3.63) is 98.1 Å². The van der Waals surface area contributed by atoms with Crippen molar-refractivity contribution in [2.45, 2.75) is 0 Å². The van der Waals surface area contributed by atoms with Gasteiger partial charge in [0, 0.05) is 23.8 Å². The van der Waals surface area contributed by atoms with Crippen LogP contribution < -0.4 is 9.64 Å². The van der Waals surface area contributed by atoms with E-state index < -0.39 is 35.1 Å². The van der Waals surface area contributed by atoms with E-state index in [0.717, 1.165) is 17.0 Å². The first-order chi connectivity index (χ1) is 16.7. The number of nitrogens with zero attached hydrogens (tertiary/aromatic N) is 2. The second kappa shape index (κ2) is 9.35. The van der Waals surface area contributed by atoms with Crippen molar-refractivity contribution in [1.82, 2.24) is 0 Å². The molecule has 10 nitrogen and oxygen atoms in total. The van der Waals surface area contributed by atoms with Crippen molar-refractivity contribution in [2.75, 3.05) is 18.6 Å². The summed E-state index contributed by atoms with van der Waals surface area (Å²) >= 11 is 6.32. The Bertz CT molecular complexity index is 1370. The summed E-state index contributed by atoms with van der Waals surface area (Å²) in [5, 5.41) is 10.6. The Morgan fingerprint density at radius 3 is 2.14 bits per heavy atom. The Morgan fingerprint density at radius 1 is 1.00 bits per heavy atom. The van der Waals surface area contributed by atoms with Gasteiger partial charge in [-0.3, -0.25) is 24.5 Å². The van der Waals surface area contributed by atoms with Crippen LogP contribution in [0.25, 0.3) is 0 Å². The van der Waals surface area contributed by atoms with E-state index >= 15 is 0 Å². The number of hydrogen-bond donors (Lipinski definition) is 0. The third kappa shape index (κ3) is 4.34. The molecule has 1 aliphatic heterocycles. The molecule has 3 aromatic carbocycles. The Kier molecular flexibility index (Phi) is 6.30. The van der Waals surface area contributed by atoms with Crippen LogP contribution in [0.2, 0.25) is 5.02 Å². The number of hydrogen-bond acceptors (Lipinski definition) is 8. The van der Waals surface area contributed by atoms with Gasteiger partial charge in [0.15, 0.2) is 12.4 Å². The molecule has 0 saturated carbocycles. The molecule has 0 N–H and O–H groups in total. The Labute approximate surface area is 202 Å². The van der Waals surface area contributed by atoms with E-state index in [2.05, 4.69) is 0 Å². The van der Waals surface area contributed by atoms with Crippen LogP contribution in [0, 0.1) is 10.1 Å². The molecule has 1 aliphatic rings. The lowest BCUT2D eigenvalue weighted by Crippen LogP contribution is -2.29. The number of fused-ring (bicyclic) bond motifs is 1. The molecule has 1 heterocycles. The lowest BCUT2D eigenvalue weighted by atomic mass is 10.1. The smallest absolute Gasteiger partial charge is 0.342 e. The van der Waals surface area contributed by atoms with E-state index in [-0.39, 0.29) is 44.4 Å². The van der Waals surface area contributed by atoms with Crippen molar-refractivity contribution >= 4 is 46.5 Å². The molecule has 0 aromatic heterocycles. The summed E-state index contributed by atoms with van der Waals surface area (Å²) in [7, 11) is 1.27. The summed E-state index contributed by atoms with van der Waals surface area (Å²) in [6.45, 7) is -0.641. The van der Waals surface area contributed by atoms with Crippen LogP contribution in [0.5, 0.6) is 5.75 Å². The average Bonchev–Trinajstić information content (AvgIpc) is 3.12. The van der Waals surface area contributed by atoms with Crippen LogP contribution in [0.3, 0.4) is 0 Å². The number of rotatable bonds is 7. The molecule has 0 bridgehead atoms. The Balaban J connectivity index is 1.54. The van der Waals surface area contributed by atoms with Gasteiger partial charge in [0.25, 0.3) is 17.5 Å². The molecular formula is C24H15ClN2O8. The first-order valence-corrected chi connectivity index (χ1v) is 10.4. The monoisotopic (exact) mass is 494 g/mol. The van der Waals surface area contributed by atoms with Crippen molar-refractivity contribution in [3.63, 3.8) is 0 Å². The van der Waals surface area contributed by atoms with Gasteiger partial charge in [-0.2, -0.15) is 0 Å². The number of carbonyl (C=O) groups excluding carboxylic acids is 4. The number of amides is 2. The maximum Gasteiger partial charge on any atom is 0.342 e. The molecular weight excluding hydrogens is 480 g/mol. The zero-order valence-corrected chi connectivity index (χ0v) is 18.8. The number of halogens is 1. The van der Waals surface area contributed by atoms with Crippen LogP contribution in [0.1, 0.15) is 41.4 Å². The van der Waals surface area contributed by atoms with Crippen LogP contribution in [-0.4, -0.2) is 42.2 Å². The molecule has 35 heavy (non-hydrogen) atoms. The molecule has 0 radical (unpaired) electrons. The molecule has 4 rings (SSSR count). The summed E-state index contributed by atoms with van der Waals surface area (Å²) in [6.07, 6.45) is 0. The van der Waals surface area contributed by atoms with Crippen LogP contribution >= 0.6 is 11.6 Å². The van der Waals surface area contributed by atoms with Crippen molar-refractivity contribution in [2.24, 2.45) is 0 Å². The van der Waals surface area contributed by atoms with Crippen LogP contribution in [0.15, 0.2) is 60.7 Å². The third-order valence-corrected chi connectivity index (χ3v) is 5.56. The van der Waals surface area contributed by atoms with Gasteiger partial charge in [-0.05, 0) is 30.3 Å². The molecule has 0 saturated heterocycles. The van der Waals surface area contributed by atoms with Gasteiger partial charge in [-0.15, -0.1) is 0 Å². The number of methoxy groups -OCH3 is 1. The molecule has 0 spiro atoms. The van der Waals surface area contributed by atoms with E-state index in [4.69, 9.17) is 21.1 Å². The van der Waals surface area contributed by atoms with E-state index in [0.29, 0.717) is 0 Å². The highest BCUT2D eigenvalue weighted by atomic mass is 35.5. The topological polar surface area (TPSA) is 133 Å². The quantitative estimate of drug-likeness (QED) is 0.157. The number of imide groups is 1. The maximum atomic E-state index is 12.8. The Hall–Kier alpha value is -4.57. The fourth-order valence-corrected chi connectivity index (χ4v) is 3.76. The number of ether oxygens (including phenoxy) is 2. The first-order valence-electron chi connectivity index (χ1n) is 10.0. The third-order valence-electron chi connectivity index (χ3n) is 5.26. The zero-order valence-electron chi connectivity index (χ0n) is 18.0. The van der Waals surface area contributed by atoms with E-state index in [1.807, 2.05) is 0 Å². The van der Waals surface area contributed by atoms with Crippen molar-refractivity contribution in [1.29, 1.82) is 0 Å². The minimum Gasteiger partial charge on any atom is -0.496 e. The summed E-state index contributed by atoms with van der Waals surface area (Å²) in [6, 6.07) is 13.6. The number of benzene rings is 3. The molecule has 2 amide bonds. The van der Waals surface area contributed by atoms with E-state index in [1.165, 1.54) is 43.5 Å². The van der Waals surface area contributed by atoms with Gasteiger partial charge < -0.3 is 9.47 Å². The number of non-ortho nitro benzene ring substituents is 1. The number of carbonyl (C=O) groups is 4. The van der Waals surface area contributed by atoms with Crippen LogP contribution in [0.4, 0.5) is 11.4 Å². The average molecular weight is 495 g/mol. The summed E-state index contributed by atoms with van der Waals surface area (Å²) in [5.41, 5.74) is 0.273. The normalized spacial score (nSPS) is 12.3. The van der Waals surface area contributed by atoms with Crippen molar-refractivity contribution < 1.29 is 33.6 Å². The number of Topliss-reactive ketones (excluding diaryl/α,β-unsaturated/α-hetero) is 1. The van der Waals surface area contributed by atoms with Gasteiger partial charge in [-0.1, -0.05) is 23.7 Å². The second-order valence-electron chi connectivity index (χ2n) is 7.30. The van der Waals surface area contributed by atoms with E-state index in [1.54, 1.807) is 12.1 Å². The number of anilines is 1. The standard InChI is InChI=1S/C24H15ClN2O8/c1-34-21-11-19(26-22(29)15-4-2-3-5-16(15)23(26)30)18(25)10-17(21)24(31)35-12-20(28)13-6-8-14(9-7-13)27(32)33/h2-11H,12H2,1H3. The number of nitro groups is 1. The first kappa shape index (κ1) is 23.6. The molecule has 176 valence electrons. The second-order valence-corrected chi connectivity index (χ2v) is 7.71. The minimum absolute atomic E-state index is 0.0215. The van der Waals surface area contributed by atoms with E-state index in [9.17, 15) is 29.3 Å². The minimum atomic E-state index is -0.937. The van der Waals surface area contributed by atoms with Crippen LogP contribution in [-0.2, 0) is 4.74 Å². The lowest BCUT2D eigenvalue weighted by molar-refractivity contribution is -0.384. The summed E-state index contributed by atoms with van der Waals surface area (Å²) < 4.78 is 10.3. The number of ketones is 1. The van der Waals surface area contributed by atoms with Crippen molar-refractivity contribution in [3.8, 4) is 5.75 Å². The number of nitro benzene ring substituents is 1. The molecule has 11 heteroatoms. The van der Waals surface area contributed by atoms with Gasteiger partial charge in [0.1, 0.15) is 11.3 Å². The van der Waals surface area contributed by atoms with Gasteiger partial charge in [0.2, 0.25) is 0 Å². The summed E-state index contributed by atoms with van der Waals surface area (Å²) in [5.74, 6) is -2.69. The Morgan fingerprint density at radius 2 is 1.60 bits per heavy atom. The lowest BCUT2D eigenvalue weighted by Gasteiger charge is -2.18.